The summed E-state index contributed by atoms with van der Waals surface area (Å²) in [5, 5.41) is 3.35. The van der Waals surface area contributed by atoms with Gasteiger partial charge in [0.25, 0.3) is 0 Å². The van der Waals surface area contributed by atoms with Gasteiger partial charge >= 0.3 is 0 Å². The second kappa shape index (κ2) is 6.30. The van der Waals surface area contributed by atoms with Crippen LogP contribution >= 0.6 is 0 Å². The summed E-state index contributed by atoms with van der Waals surface area (Å²) in [5.74, 6) is 2.47. The molecular weight excluding hydrogens is 201 g/mol. The van der Waals surface area contributed by atoms with Crippen molar-refractivity contribution in [3.63, 3.8) is 0 Å². The van der Waals surface area contributed by atoms with Crippen LogP contribution in [0.5, 0.6) is 0 Å². The summed E-state index contributed by atoms with van der Waals surface area (Å²) in [6.45, 7) is 4.08. The summed E-state index contributed by atoms with van der Waals surface area (Å²) in [6, 6.07) is 7.37. The van der Waals surface area contributed by atoms with Gasteiger partial charge in [0.05, 0.1) is 0 Å². The third-order valence-electron chi connectivity index (χ3n) is 2.48. The van der Waals surface area contributed by atoms with Gasteiger partial charge in [0, 0.05) is 18.5 Å². The van der Waals surface area contributed by atoms with Gasteiger partial charge in [-0.3, -0.25) is 0 Å². The van der Waals surface area contributed by atoms with Gasteiger partial charge in [-0.25, -0.2) is 4.39 Å². The zero-order chi connectivity index (χ0) is 12.0. The van der Waals surface area contributed by atoms with Crippen molar-refractivity contribution in [1.82, 2.24) is 5.32 Å². The second-order valence-electron chi connectivity index (χ2n) is 4.17. The van der Waals surface area contributed by atoms with Crippen LogP contribution in [0, 0.1) is 18.2 Å². The molecule has 0 amide bonds. The minimum Gasteiger partial charge on any atom is -0.311 e. The van der Waals surface area contributed by atoms with Crippen LogP contribution in [0.4, 0.5) is 4.39 Å². The molecule has 0 radical (unpaired) electrons. The van der Waals surface area contributed by atoms with E-state index < -0.39 is 0 Å². The van der Waals surface area contributed by atoms with Crippen molar-refractivity contribution in [2.24, 2.45) is 0 Å². The molecule has 0 heterocycles. The molecule has 1 nitrogen and oxygen atoms in total. The number of rotatable bonds is 5. The molecule has 0 fully saturated rings. The lowest BCUT2D eigenvalue weighted by Gasteiger charge is -2.18. The van der Waals surface area contributed by atoms with E-state index >= 15 is 0 Å². The van der Waals surface area contributed by atoms with E-state index in [0.29, 0.717) is 12.8 Å². The quantitative estimate of drug-likeness (QED) is 0.751. The highest BCUT2D eigenvalue weighted by molar-refractivity contribution is 5.18. The van der Waals surface area contributed by atoms with Crippen molar-refractivity contribution in [1.29, 1.82) is 0 Å². The monoisotopic (exact) mass is 219 g/mol. The van der Waals surface area contributed by atoms with E-state index in [-0.39, 0.29) is 17.9 Å². The number of hydrogen-bond acceptors (Lipinski definition) is 1. The van der Waals surface area contributed by atoms with Gasteiger partial charge in [-0.1, -0.05) is 18.2 Å². The Hall–Kier alpha value is -1.33. The Kier molecular flexibility index (Phi) is 5.01. The molecule has 0 aliphatic heterocycles. The summed E-state index contributed by atoms with van der Waals surface area (Å²) in [7, 11) is 0. The van der Waals surface area contributed by atoms with Crippen molar-refractivity contribution < 1.29 is 4.39 Å². The fourth-order valence-corrected chi connectivity index (χ4v) is 1.77. The lowest BCUT2D eigenvalue weighted by Crippen LogP contribution is -2.35. The van der Waals surface area contributed by atoms with Crippen LogP contribution in [0.1, 0.15) is 25.8 Å². The van der Waals surface area contributed by atoms with Crippen LogP contribution in [-0.2, 0) is 6.42 Å². The van der Waals surface area contributed by atoms with E-state index in [0.717, 1.165) is 5.56 Å². The molecule has 0 aromatic heterocycles. The Morgan fingerprint density at radius 3 is 2.62 bits per heavy atom. The van der Waals surface area contributed by atoms with E-state index in [9.17, 15) is 4.39 Å². The van der Waals surface area contributed by atoms with Crippen LogP contribution in [0.25, 0.3) is 0 Å². The molecule has 0 saturated heterocycles. The van der Waals surface area contributed by atoms with Crippen LogP contribution in [0.2, 0.25) is 0 Å². The van der Waals surface area contributed by atoms with E-state index in [4.69, 9.17) is 6.42 Å². The average Bonchev–Trinajstić information content (AvgIpc) is 2.21. The van der Waals surface area contributed by atoms with Crippen molar-refractivity contribution in [3.05, 3.63) is 35.6 Å². The third-order valence-corrected chi connectivity index (χ3v) is 2.48. The highest BCUT2D eigenvalue weighted by atomic mass is 19.1. The van der Waals surface area contributed by atoms with Gasteiger partial charge in [-0.05, 0) is 31.9 Å². The van der Waals surface area contributed by atoms with Gasteiger partial charge in [-0.2, -0.15) is 0 Å². The van der Waals surface area contributed by atoms with Crippen LogP contribution < -0.4 is 5.32 Å². The molecule has 2 heteroatoms. The number of terminal acetylenes is 1. The van der Waals surface area contributed by atoms with E-state index in [1.807, 2.05) is 26.0 Å². The maximum Gasteiger partial charge on any atom is 0.126 e. The molecule has 0 aliphatic rings. The SMILES string of the molecule is C#CCC(C)NC(C)Cc1ccccc1F. The first-order valence-electron chi connectivity index (χ1n) is 5.56. The van der Waals surface area contributed by atoms with Crippen LogP contribution in [-0.4, -0.2) is 12.1 Å². The molecule has 1 aromatic carbocycles. The van der Waals surface area contributed by atoms with Gasteiger partial charge in [0.2, 0.25) is 0 Å². The standard InChI is InChI=1S/C14H18FN/c1-4-7-11(2)16-12(3)10-13-8-5-6-9-14(13)15/h1,5-6,8-9,11-12,16H,7,10H2,2-3H3. The number of hydrogen-bond donors (Lipinski definition) is 1. The van der Waals surface area contributed by atoms with Gasteiger partial charge in [0.1, 0.15) is 5.82 Å². The first-order valence-corrected chi connectivity index (χ1v) is 5.56. The maximum atomic E-state index is 13.4. The molecule has 1 aromatic rings. The molecule has 0 bridgehead atoms. The molecule has 0 aliphatic carbocycles. The molecule has 16 heavy (non-hydrogen) atoms. The van der Waals surface area contributed by atoms with Gasteiger partial charge in [-0.15, -0.1) is 12.3 Å². The normalized spacial score (nSPS) is 14.1. The van der Waals surface area contributed by atoms with Gasteiger partial charge < -0.3 is 5.32 Å². The number of nitrogens with one attached hydrogen (secondary N) is 1. The summed E-state index contributed by atoms with van der Waals surface area (Å²) in [4.78, 5) is 0. The molecule has 2 unspecified atom stereocenters. The Labute approximate surface area is 97.1 Å². The average molecular weight is 219 g/mol. The Balaban J connectivity index is 2.49. The van der Waals surface area contributed by atoms with Crippen molar-refractivity contribution in [2.45, 2.75) is 38.8 Å². The molecule has 86 valence electrons. The summed E-state index contributed by atoms with van der Waals surface area (Å²) in [5.41, 5.74) is 0.746. The van der Waals surface area contributed by atoms with Crippen molar-refractivity contribution in [3.8, 4) is 12.3 Å². The molecular formula is C14H18FN. The van der Waals surface area contributed by atoms with Crippen molar-refractivity contribution >= 4 is 0 Å². The fourth-order valence-electron chi connectivity index (χ4n) is 1.77. The zero-order valence-electron chi connectivity index (χ0n) is 9.83. The topological polar surface area (TPSA) is 12.0 Å². The Morgan fingerprint density at radius 2 is 2.00 bits per heavy atom. The van der Waals surface area contributed by atoms with Crippen molar-refractivity contribution in [2.75, 3.05) is 0 Å². The smallest absolute Gasteiger partial charge is 0.126 e. The third kappa shape index (κ3) is 4.04. The lowest BCUT2D eigenvalue weighted by atomic mass is 10.1. The first kappa shape index (κ1) is 12.7. The highest BCUT2D eigenvalue weighted by Gasteiger charge is 2.09. The predicted octanol–water partition coefficient (Wildman–Crippen LogP) is 2.76. The summed E-state index contributed by atoms with van der Waals surface area (Å²) < 4.78 is 13.4. The Morgan fingerprint density at radius 1 is 1.31 bits per heavy atom. The van der Waals surface area contributed by atoms with Crippen LogP contribution in [0.15, 0.2) is 24.3 Å². The zero-order valence-corrected chi connectivity index (χ0v) is 9.83. The lowest BCUT2D eigenvalue weighted by molar-refractivity contribution is 0.463. The molecule has 0 spiro atoms. The molecule has 1 rings (SSSR count). The van der Waals surface area contributed by atoms with Gasteiger partial charge in [0.15, 0.2) is 0 Å². The van der Waals surface area contributed by atoms with Crippen LogP contribution in [0.3, 0.4) is 0 Å². The number of benzene rings is 1. The molecule has 0 saturated carbocycles. The fraction of sp³-hybridized carbons (Fsp3) is 0.429. The molecule has 2 atom stereocenters. The highest BCUT2D eigenvalue weighted by Crippen LogP contribution is 2.09. The minimum absolute atomic E-state index is 0.138. The largest absolute Gasteiger partial charge is 0.311 e. The maximum absolute atomic E-state index is 13.4. The first-order chi connectivity index (χ1) is 7.63. The summed E-state index contributed by atoms with van der Waals surface area (Å²) >= 11 is 0. The minimum atomic E-state index is -0.138. The molecule has 1 N–H and O–H groups in total. The van der Waals surface area contributed by atoms with E-state index in [1.165, 1.54) is 6.07 Å². The second-order valence-corrected chi connectivity index (χ2v) is 4.17. The Bertz CT molecular complexity index is 367. The number of halogens is 1. The summed E-state index contributed by atoms with van der Waals surface area (Å²) in [6.07, 6.45) is 6.61. The van der Waals surface area contributed by atoms with E-state index in [1.54, 1.807) is 6.07 Å². The van der Waals surface area contributed by atoms with E-state index in [2.05, 4.69) is 11.2 Å². The predicted molar refractivity (Wildman–Crippen MR) is 65.6 cm³/mol.